The number of methoxy groups -OCH3 is 1. The molecule has 2 aromatic heterocycles. The standard InChI is InChI=1S/C13H9BrClN3O/c1-19-11-3-2-8(15)6-9(11)13-17-12(14)10-7-16-4-5-18(10)13/h2-7H,1H3. The van der Waals surface area contributed by atoms with Gasteiger partial charge >= 0.3 is 0 Å². The predicted octanol–water partition coefficient (Wildman–Crippen LogP) is 3.82. The molecule has 3 rings (SSSR count). The topological polar surface area (TPSA) is 39.4 Å². The van der Waals surface area contributed by atoms with Crippen LogP contribution in [0.3, 0.4) is 0 Å². The number of fused-ring (bicyclic) bond motifs is 1. The number of imidazole rings is 1. The van der Waals surface area contributed by atoms with Gasteiger partial charge in [0.05, 0.1) is 24.4 Å². The van der Waals surface area contributed by atoms with Gasteiger partial charge in [0.15, 0.2) is 0 Å². The Morgan fingerprint density at radius 3 is 3.00 bits per heavy atom. The highest BCUT2D eigenvalue weighted by atomic mass is 79.9. The van der Waals surface area contributed by atoms with Gasteiger partial charge in [0.2, 0.25) is 0 Å². The summed E-state index contributed by atoms with van der Waals surface area (Å²) in [5.74, 6) is 1.48. The smallest absolute Gasteiger partial charge is 0.149 e. The van der Waals surface area contributed by atoms with E-state index >= 15 is 0 Å². The van der Waals surface area contributed by atoms with E-state index in [4.69, 9.17) is 16.3 Å². The van der Waals surface area contributed by atoms with E-state index in [1.54, 1.807) is 25.6 Å². The van der Waals surface area contributed by atoms with Crippen molar-refractivity contribution in [3.8, 4) is 17.1 Å². The zero-order valence-electron chi connectivity index (χ0n) is 9.97. The monoisotopic (exact) mass is 337 g/mol. The highest BCUT2D eigenvalue weighted by Gasteiger charge is 2.15. The third-order valence-electron chi connectivity index (χ3n) is 2.80. The third kappa shape index (κ3) is 2.09. The number of nitrogens with zero attached hydrogens (tertiary/aromatic N) is 3. The summed E-state index contributed by atoms with van der Waals surface area (Å²) in [4.78, 5) is 8.60. The van der Waals surface area contributed by atoms with Crippen LogP contribution in [-0.2, 0) is 0 Å². The molecule has 0 atom stereocenters. The van der Waals surface area contributed by atoms with Crippen LogP contribution in [0.5, 0.6) is 5.75 Å². The first-order valence-electron chi connectivity index (χ1n) is 5.52. The summed E-state index contributed by atoms with van der Waals surface area (Å²) in [5, 5.41) is 0.637. The molecule has 0 spiro atoms. The Labute approximate surface area is 123 Å². The van der Waals surface area contributed by atoms with Crippen LogP contribution in [0.2, 0.25) is 5.02 Å². The van der Waals surface area contributed by atoms with Crippen molar-refractivity contribution in [3.05, 3.63) is 46.4 Å². The van der Waals surface area contributed by atoms with E-state index < -0.39 is 0 Å². The summed E-state index contributed by atoms with van der Waals surface area (Å²) in [7, 11) is 1.62. The SMILES string of the molecule is COc1ccc(Cl)cc1-c1nc(Br)c2cnccn12. The Hall–Kier alpha value is -1.59. The van der Waals surface area contributed by atoms with Gasteiger partial charge in [-0.1, -0.05) is 11.6 Å². The van der Waals surface area contributed by atoms with Crippen LogP contribution in [0.15, 0.2) is 41.4 Å². The van der Waals surface area contributed by atoms with Crippen LogP contribution in [0.4, 0.5) is 0 Å². The molecule has 0 saturated carbocycles. The third-order valence-corrected chi connectivity index (χ3v) is 3.62. The number of rotatable bonds is 2. The van der Waals surface area contributed by atoms with E-state index in [-0.39, 0.29) is 0 Å². The van der Waals surface area contributed by atoms with Crippen LogP contribution in [0.1, 0.15) is 0 Å². The summed E-state index contributed by atoms with van der Waals surface area (Å²) >= 11 is 9.50. The maximum Gasteiger partial charge on any atom is 0.149 e. The van der Waals surface area contributed by atoms with Crippen molar-refractivity contribution in [2.75, 3.05) is 7.11 Å². The van der Waals surface area contributed by atoms with Crippen molar-refractivity contribution in [3.63, 3.8) is 0 Å². The Bertz CT molecular complexity index is 757. The van der Waals surface area contributed by atoms with Gasteiger partial charge in [-0.3, -0.25) is 9.38 Å². The van der Waals surface area contributed by atoms with Crippen molar-refractivity contribution in [1.82, 2.24) is 14.4 Å². The van der Waals surface area contributed by atoms with Crippen molar-refractivity contribution in [2.45, 2.75) is 0 Å². The summed E-state index contributed by atoms with van der Waals surface area (Å²) in [6, 6.07) is 5.45. The van der Waals surface area contributed by atoms with Crippen LogP contribution in [0.25, 0.3) is 16.9 Å². The molecule has 4 nitrogen and oxygen atoms in total. The maximum atomic E-state index is 6.07. The largest absolute Gasteiger partial charge is 0.496 e. The van der Waals surface area contributed by atoms with Gasteiger partial charge in [-0.15, -0.1) is 0 Å². The van der Waals surface area contributed by atoms with E-state index in [1.807, 2.05) is 22.7 Å². The highest BCUT2D eigenvalue weighted by molar-refractivity contribution is 9.10. The second-order valence-corrected chi connectivity index (χ2v) is 5.09. The predicted molar refractivity (Wildman–Crippen MR) is 77.7 cm³/mol. The number of halogens is 2. The molecule has 1 aromatic carbocycles. The van der Waals surface area contributed by atoms with Crippen molar-refractivity contribution in [2.24, 2.45) is 0 Å². The molecule has 0 unspecified atom stereocenters. The first kappa shape index (κ1) is 12.4. The van der Waals surface area contributed by atoms with Crippen molar-refractivity contribution >= 4 is 33.0 Å². The van der Waals surface area contributed by atoms with E-state index in [0.29, 0.717) is 5.02 Å². The van der Waals surface area contributed by atoms with Gasteiger partial charge in [-0.05, 0) is 34.1 Å². The minimum absolute atomic E-state index is 0.637. The van der Waals surface area contributed by atoms with Crippen LogP contribution in [0, 0.1) is 0 Å². The lowest BCUT2D eigenvalue weighted by atomic mass is 10.2. The molecule has 0 aliphatic carbocycles. The van der Waals surface area contributed by atoms with Gasteiger partial charge < -0.3 is 4.74 Å². The Morgan fingerprint density at radius 1 is 1.37 bits per heavy atom. The quantitative estimate of drug-likeness (QED) is 0.713. The highest BCUT2D eigenvalue weighted by Crippen LogP contribution is 2.33. The summed E-state index contributed by atoms with van der Waals surface area (Å²) in [5.41, 5.74) is 1.72. The summed E-state index contributed by atoms with van der Waals surface area (Å²) in [6.45, 7) is 0. The molecule has 0 aliphatic rings. The molecule has 96 valence electrons. The maximum absolute atomic E-state index is 6.07. The second kappa shape index (κ2) is 4.83. The number of hydrogen-bond donors (Lipinski definition) is 0. The molecular formula is C13H9BrClN3O. The molecular weight excluding hydrogens is 330 g/mol. The van der Waals surface area contributed by atoms with E-state index in [9.17, 15) is 0 Å². The normalized spacial score (nSPS) is 10.9. The van der Waals surface area contributed by atoms with Gasteiger partial charge in [-0.25, -0.2) is 4.98 Å². The zero-order chi connectivity index (χ0) is 13.4. The van der Waals surface area contributed by atoms with Crippen LogP contribution in [-0.4, -0.2) is 21.5 Å². The Morgan fingerprint density at radius 2 is 2.21 bits per heavy atom. The zero-order valence-corrected chi connectivity index (χ0v) is 12.3. The molecule has 0 saturated heterocycles. The van der Waals surface area contributed by atoms with Gasteiger partial charge in [0.1, 0.15) is 16.2 Å². The Balaban J connectivity index is 2.33. The second-order valence-electron chi connectivity index (χ2n) is 3.90. The van der Waals surface area contributed by atoms with Crippen molar-refractivity contribution in [1.29, 1.82) is 0 Å². The molecule has 0 aliphatic heterocycles. The summed E-state index contributed by atoms with van der Waals surface area (Å²) < 4.78 is 8.04. The molecule has 6 heteroatoms. The van der Waals surface area contributed by atoms with E-state index in [0.717, 1.165) is 27.3 Å². The van der Waals surface area contributed by atoms with Gasteiger partial charge in [0, 0.05) is 17.4 Å². The summed E-state index contributed by atoms with van der Waals surface area (Å²) in [6.07, 6.45) is 5.31. The molecule has 0 amide bonds. The molecule has 0 N–H and O–H groups in total. The lowest BCUT2D eigenvalue weighted by Gasteiger charge is -2.07. The lowest BCUT2D eigenvalue weighted by Crippen LogP contribution is -1.93. The minimum Gasteiger partial charge on any atom is -0.496 e. The van der Waals surface area contributed by atoms with Gasteiger partial charge in [0.25, 0.3) is 0 Å². The van der Waals surface area contributed by atoms with Gasteiger partial charge in [-0.2, -0.15) is 0 Å². The molecule has 0 fully saturated rings. The molecule has 0 radical (unpaired) electrons. The minimum atomic E-state index is 0.637. The van der Waals surface area contributed by atoms with Crippen LogP contribution >= 0.6 is 27.5 Å². The fourth-order valence-electron chi connectivity index (χ4n) is 1.95. The fourth-order valence-corrected chi connectivity index (χ4v) is 2.58. The molecule has 0 bridgehead atoms. The molecule has 2 heterocycles. The average molecular weight is 339 g/mol. The van der Waals surface area contributed by atoms with Crippen LogP contribution < -0.4 is 4.74 Å². The average Bonchev–Trinajstić information content (AvgIpc) is 2.77. The first-order valence-corrected chi connectivity index (χ1v) is 6.69. The number of benzene rings is 1. The fraction of sp³-hybridized carbons (Fsp3) is 0.0769. The number of aromatic nitrogens is 3. The first-order chi connectivity index (χ1) is 9.20. The van der Waals surface area contributed by atoms with E-state index in [1.165, 1.54) is 0 Å². The lowest BCUT2D eigenvalue weighted by molar-refractivity contribution is 0.416. The molecule has 19 heavy (non-hydrogen) atoms. The molecule has 3 aromatic rings. The Kier molecular flexibility index (Phi) is 3.16. The number of ether oxygens (including phenoxy) is 1. The number of hydrogen-bond acceptors (Lipinski definition) is 3. The van der Waals surface area contributed by atoms with Crippen molar-refractivity contribution < 1.29 is 4.74 Å². The van der Waals surface area contributed by atoms with E-state index in [2.05, 4.69) is 25.9 Å².